The number of carbonyl (C=O) groups is 1. The maximum atomic E-state index is 11.5. The van der Waals surface area contributed by atoms with E-state index in [4.69, 9.17) is 0 Å². The Morgan fingerprint density at radius 3 is 2.25 bits per heavy atom. The molecule has 12 heavy (non-hydrogen) atoms. The summed E-state index contributed by atoms with van der Waals surface area (Å²) in [6, 6.07) is 0. The molecule has 0 radical (unpaired) electrons. The Morgan fingerprint density at radius 1 is 1.42 bits per heavy atom. The minimum atomic E-state index is 0.152. The quantitative estimate of drug-likeness (QED) is 0.591. The first-order chi connectivity index (χ1) is 5.43. The molecule has 0 saturated carbocycles. The van der Waals surface area contributed by atoms with Crippen LogP contribution in [-0.4, -0.2) is 23.9 Å². The molecular weight excluding hydrogens is 150 g/mol. The van der Waals surface area contributed by atoms with Crippen LogP contribution in [0.1, 0.15) is 34.1 Å². The Bertz CT molecular complexity index is 180. The average molecular weight is 169 g/mol. The topological polar surface area (TPSA) is 20.1 Å². The van der Waals surface area contributed by atoms with Gasteiger partial charge in [-0.3, -0.25) is 4.79 Å². The Hall–Kier alpha value is -0.530. The van der Waals surface area contributed by atoms with Gasteiger partial charge in [0.05, 0.1) is 0 Å². The van der Waals surface area contributed by atoms with E-state index in [1.807, 2.05) is 4.90 Å². The van der Waals surface area contributed by atoms with Crippen LogP contribution in [0.4, 0.5) is 0 Å². The third-order valence-electron chi connectivity index (χ3n) is 2.97. The van der Waals surface area contributed by atoms with Gasteiger partial charge in [-0.1, -0.05) is 27.7 Å². The van der Waals surface area contributed by atoms with Crippen LogP contribution in [0.5, 0.6) is 0 Å². The highest BCUT2D eigenvalue weighted by Gasteiger charge is 2.31. The SMILES string of the molecule is CC(C)C(C)(C)CC(=O)N1CC1. The number of nitrogens with zero attached hydrogens (tertiary/aromatic N) is 1. The van der Waals surface area contributed by atoms with Crippen molar-refractivity contribution < 1.29 is 4.79 Å². The zero-order valence-electron chi connectivity index (χ0n) is 8.55. The largest absolute Gasteiger partial charge is 0.339 e. The fourth-order valence-electron chi connectivity index (χ4n) is 1.01. The molecule has 70 valence electrons. The Morgan fingerprint density at radius 2 is 1.92 bits per heavy atom. The number of rotatable bonds is 3. The summed E-state index contributed by atoms with van der Waals surface area (Å²) in [5, 5.41) is 0. The van der Waals surface area contributed by atoms with Crippen molar-refractivity contribution in [2.45, 2.75) is 34.1 Å². The molecule has 0 atom stereocenters. The standard InChI is InChI=1S/C10H19NO/c1-8(2)10(3,4)7-9(12)11-5-6-11/h8H,5-7H2,1-4H3. The van der Waals surface area contributed by atoms with E-state index in [-0.39, 0.29) is 5.41 Å². The van der Waals surface area contributed by atoms with Gasteiger partial charge in [-0.05, 0) is 11.3 Å². The summed E-state index contributed by atoms with van der Waals surface area (Å²) in [6.07, 6.45) is 0.699. The van der Waals surface area contributed by atoms with Crippen LogP contribution in [0.25, 0.3) is 0 Å². The van der Waals surface area contributed by atoms with Crippen molar-refractivity contribution in [3.05, 3.63) is 0 Å². The van der Waals surface area contributed by atoms with E-state index in [1.165, 1.54) is 0 Å². The van der Waals surface area contributed by atoms with Crippen LogP contribution in [-0.2, 0) is 4.79 Å². The zero-order valence-corrected chi connectivity index (χ0v) is 8.55. The molecule has 0 unspecified atom stereocenters. The summed E-state index contributed by atoms with van der Waals surface area (Å²) < 4.78 is 0. The van der Waals surface area contributed by atoms with Crippen molar-refractivity contribution in [2.75, 3.05) is 13.1 Å². The third-order valence-corrected chi connectivity index (χ3v) is 2.97. The molecule has 1 heterocycles. The summed E-state index contributed by atoms with van der Waals surface area (Å²) in [6.45, 7) is 10.6. The van der Waals surface area contributed by atoms with Gasteiger partial charge in [0.2, 0.25) is 5.91 Å². The van der Waals surface area contributed by atoms with E-state index in [9.17, 15) is 4.79 Å². The second-order valence-electron chi connectivity index (χ2n) is 4.70. The molecule has 1 amide bonds. The highest BCUT2D eigenvalue weighted by atomic mass is 16.2. The van der Waals surface area contributed by atoms with Crippen molar-refractivity contribution >= 4 is 5.91 Å². The van der Waals surface area contributed by atoms with Crippen LogP contribution in [0.2, 0.25) is 0 Å². The Balaban J connectivity index is 2.42. The smallest absolute Gasteiger partial charge is 0.223 e. The fraction of sp³-hybridized carbons (Fsp3) is 0.900. The third kappa shape index (κ3) is 2.23. The van der Waals surface area contributed by atoms with Crippen LogP contribution >= 0.6 is 0 Å². The molecule has 0 aliphatic carbocycles. The molecule has 1 rings (SSSR count). The van der Waals surface area contributed by atoms with Crippen molar-refractivity contribution in [3.63, 3.8) is 0 Å². The average Bonchev–Trinajstić information content (AvgIpc) is 2.65. The Labute approximate surface area is 74.9 Å². The molecule has 1 fully saturated rings. The second-order valence-corrected chi connectivity index (χ2v) is 4.70. The van der Waals surface area contributed by atoms with Gasteiger partial charge in [0, 0.05) is 19.5 Å². The van der Waals surface area contributed by atoms with Crippen molar-refractivity contribution in [3.8, 4) is 0 Å². The molecule has 1 aliphatic heterocycles. The molecule has 2 heteroatoms. The summed E-state index contributed by atoms with van der Waals surface area (Å²) in [4.78, 5) is 13.4. The monoisotopic (exact) mass is 169 g/mol. The maximum absolute atomic E-state index is 11.5. The van der Waals surface area contributed by atoms with Crippen LogP contribution in [0, 0.1) is 11.3 Å². The van der Waals surface area contributed by atoms with Gasteiger partial charge in [-0.25, -0.2) is 0 Å². The molecule has 0 aromatic rings. The van der Waals surface area contributed by atoms with Crippen LogP contribution in [0.3, 0.4) is 0 Å². The van der Waals surface area contributed by atoms with Gasteiger partial charge >= 0.3 is 0 Å². The van der Waals surface area contributed by atoms with Crippen molar-refractivity contribution in [1.82, 2.24) is 4.90 Å². The summed E-state index contributed by atoms with van der Waals surface area (Å²) >= 11 is 0. The molecular formula is C10H19NO. The van der Waals surface area contributed by atoms with E-state index >= 15 is 0 Å². The molecule has 0 aromatic heterocycles. The van der Waals surface area contributed by atoms with Crippen molar-refractivity contribution in [2.24, 2.45) is 11.3 Å². The summed E-state index contributed by atoms with van der Waals surface area (Å²) in [7, 11) is 0. The Kier molecular flexibility index (Phi) is 2.45. The van der Waals surface area contributed by atoms with E-state index < -0.39 is 0 Å². The van der Waals surface area contributed by atoms with E-state index in [0.717, 1.165) is 13.1 Å². The van der Waals surface area contributed by atoms with Crippen LogP contribution < -0.4 is 0 Å². The van der Waals surface area contributed by atoms with Gasteiger partial charge < -0.3 is 4.90 Å². The number of amides is 1. The molecule has 0 N–H and O–H groups in total. The zero-order chi connectivity index (χ0) is 9.35. The predicted octanol–water partition coefficient (Wildman–Crippen LogP) is 1.90. The summed E-state index contributed by atoms with van der Waals surface area (Å²) in [5.74, 6) is 0.898. The van der Waals surface area contributed by atoms with Crippen LogP contribution in [0.15, 0.2) is 0 Å². The molecule has 0 bridgehead atoms. The van der Waals surface area contributed by atoms with Crippen molar-refractivity contribution in [1.29, 1.82) is 0 Å². The first kappa shape index (κ1) is 9.56. The lowest BCUT2D eigenvalue weighted by atomic mass is 9.78. The normalized spacial score (nSPS) is 16.9. The van der Waals surface area contributed by atoms with E-state index in [2.05, 4.69) is 27.7 Å². The second kappa shape index (κ2) is 3.08. The lowest BCUT2D eigenvalue weighted by molar-refractivity contribution is -0.128. The van der Waals surface area contributed by atoms with E-state index in [0.29, 0.717) is 18.2 Å². The maximum Gasteiger partial charge on any atom is 0.223 e. The molecule has 1 saturated heterocycles. The lowest BCUT2D eigenvalue weighted by Gasteiger charge is -2.28. The molecule has 1 aliphatic rings. The highest BCUT2D eigenvalue weighted by Crippen LogP contribution is 2.31. The minimum absolute atomic E-state index is 0.152. The summed E-state index contributed by atoms with van der Waals surface area (Å²) in [5.41, 5.74) is 0.152. The molecule has 2 nitrogen and oxygen atoms in total. The van der Waals surface area contributed by atoms with Gasteiger partial charge in [-0.15, -0.1) is 0 Å². The number of carbonyl (C=O) groups excluding carboxylic acids is 1. The number of hydrogen-bond acceptors (Lipinski definition) is 1. The number of hydrogen-bond donors (Lipinski definition) is 0. The first-order valence-electron chi connectivity index (χ1n) is 4.71. The van der Waals surface area contributed by atoms with E-state index in [1.54, 1.807) is 0 Å². The lowest BCUT2D eigenvalue weighted by Crippen LogP contribution is -2.26. The highest BCUT2D eigenvalue weighted by molar-refractivity contribution is 5.78. The molecule has 0 aromatic carbocycles. The fourth-order valence-corrected chi connectivity index (χ4v) is 1.01. The van der Waals surface area contributed by atoms with Gasteiger partial charge in [0.15, 0.2) is 0 Å². The van der Waals surface area contributed by atoms with Gasteiger partial charge in [0.1, 0.15) is 0 Å². The minimum Gasteiger partial charge on any atom is -0.339 e. The van der Waals surface area contributed by atoms with Gasteiger partial charge in [-0.2, -0.15) is 0 Å². The van der Waals surface area contributed by atoms with Gasteiger partial charge in [0.25, 0.3) is 0 Å². The first-order valence-corrected chi connectivity index (χ1v) is 4.71. The predicted molar refractivity (Wildman–Crippen MR) is 49.8 cm³/mol. The molecule has 0 spiro atoms.